The molecule has 0 saturated carbocycles. The Hall–Kier alpha value is -2.83. The molecule has 0 saturated heterocycles. The van der Waals surface area contributed by atoms with E-state index < -0.39 is 12.1 Å². The second-order valence-electron chi connectivity index (χ2n) is 5.57. The predicted molar refractivity (Wildman–Crippen MR) is 85.7 cm³/mol. The van der Waals surface area contributed by atoms with Crippen molar-refractivity contribution in [2.24, 2.45) is 7.05 Å². The number of hydrogen-bond donors (Lipinski definition) is 0. The van der Waals surface area contributed by atoms with Crippen molar-refractivity contribution in [3.05, 3.63) is 59.5 Å². The predicted octanol–water partition coefficient (Wildman–Crippen LogP) is 3.18. The molecule has 2 aromatic heterocycles. The molecule has 1 amide bonds. The number of benzene rings is 1. The Bertz CT molecular complexity index is 891. The van der Waals surface area contributed by atoms with E-state index in [4.69, 9.17) is 0 Å². The smallest absolute Gasteiger partial charge is 0.282 e. The van der Waals surface area contributed by atoms with Crippen molar-refractivity contribution in [1.82, 2.24) is 19.7 Å². The van der Waals surface area contributed by atoms with Crippen LogP contribution in [-0.2, 0) is 13.6 Å². The summed E-state index contributed by atoms with van der Waals surface area (Å²) in [7, 11) is 3.11. The van der Waals surface area contributed by atoms with Crippen molar-refractivity contribution in [2.45, 2.75) is 13.0 Å². The highest BCUT2D eigenvalue weighted by atomic mass is 19.3. The van der Waals surface area contributed by atoms with Crippen LogP contribution in [-0.4, -0.2) is 32.6 Å². The van der Waals surface area contributed by atoms with Gasteiger partial charge in [0.05, 0.1) is 5.52 Å². The van der Waals surface area contributed by atoms with Gasteiger partial charge in [0, 0.05) is 32.2 Å². The molecule has 0 aliphatic rings. The van der Waals surface area contributed by atoms with Crippen molar-refractivity contribution >= 4 is 16.8 Å². The number of carbonyl (C=O) groups excluding carboxylic acids is 1. The lowest BCUT2D eigenvalue weighted by atomic mass is 10.1. The molecule has 3 aromatic rings. The van der Waals surface area contributed by atoms with Gasteiger partial charge in [0.1, 0.15) is 11.4 Å². The summed E-state index contributed by atoms with van der Waals surface area (Å²) in [6.07, 6.45) is -0.975. The summed E-state index contributed by atoms with van der Waals surface area (Å²) in [5, 5.41) is 4.66. The van der Waals surface area contributed by atoms with Gasteiger partial charge in [-0.1, -0.05) is 12.1 Å². The third-order valence-corrected chi connectivity index (χ3v) is 3.78. The number of aromatic nitrogens is 3. The van der Waals surface area contributed by atoms with Gasteiger partial charge >= 0.3 is 0 Å². The number of amides is 1. The fourth-order valence-electron chi connectivity index (χ4n) is 2.56. The van der Waals surface area contributed by atoms with Gasteiger partial charge in [-0.3, -0.25) is 14.5 Å². The van der Waals surface area contributed by atoms with E-state index >= 15 is 0 Å². The fourth-order valence-corrected chi connectivity index (χ4v) is 2.56. The van der Waals surface area contributed by atoms with Crippen molar-refractivity contribution in [3.63, 3.8) is 0 Å². The van der Waals surface area contributed by atoms with Crippen molar-refractivity contribution in [1.29, 1.82) is 0 Å². The molecule has 0 spiro atoms. The first-order valence-corrected chi connectivity index (χ1v) is 7.37. The second kappa shape index (κ2) is 6.35. The highest BCUT2D eigenvalue weighted by molar-refractivity contribution is 5.92. The zero-order valence-electron chi connectivity index (χ0n) is 13.3. The van der Waals surface area contributed by atoms with E-state index in [1.54, 1.807) is 13.2 Å². The summed E-state index contributed by atoms with van der Waals surface area (Å²) in [6, 6.07) is 10.7. The van der Waals surface area contributed by atoms with E-state index in [2.05, 4.69) is 10.1 Å². The third kappa shape index (κ3) is 3.10. The minimum atomic E-state index is -2.70. The summed E-state index contributed by atoms with van der Waals surface area (Å²) in [5.41, 5.74) is 1.55. The van der Waals surface area contributed by atoms with Gasteiger partial charge in [-0.25, -0.2) is 8.78 Å². The van der Waals surface area contributed by atoms with Crippen molar-refractivity contribution in [3.8, 4) is 0 Å². The van der Waals surface area contributed by atoms with E-state index in [-0.39, 0.29) is 11.6 Å². The molecule has 0 aliphatic carbocycles. The molecule has 0 radical (unpaired) electrons. The number of pyridine rings is 1. The van der Waals surface area contributed by atoms with Crippen LogP contribution in [0.5, 0.6) is 0 Å². The van der Waals surface area contributed by atoms with Crippen LogP contribution in [0.2, 0.25) is 0 Å². The lowest BCUT2D eigenvalue weighted by Crippen LogP contribution is -2.28. The molecule has 7 heteroatoms. The van der Waals surface area contributed by atoms with E-state index in [9.17, 15) is 13.6 Å². The zero-order valence-corrected chi connectivity index (χ0v) is 13.3. The summed E-state index contributed by atoms with van der Waals surface area (Å²) in [4.78, 5) is 18.2. The number of hydrogen-bond acceptors (Lipinski definition) is 3. The molecule has 0 unspecified atom stereocenters. The maximum absolute atomic E-state index is 12.7. The molecule has 2 heterocycles. The molecule has 5 nitrogen and oxygen atoms in total. The standard InChI is InChI=1S/C17H16F2N4O/c1-22(17(24)15-9-14(16(18)19)21-23(15)2)10-11-5-6-13-12(8-11)4-3-7-20-13/h3-9,16H,10H2,1-2H3. The minimum absolute atomic E-state index is 0.134. The monoisotopic (exact) mass is 330 g/mol. The zero-order chi connectivity index (χ0) is 17.3. The minimum Gasteiger partial charge on any atom is -0.336 e. The molecule has 0 atom stereocenters. The van der Waals surface area contributed by atoms with Crippen LogP contribution in [0.1, 0.15) is 28.2 Å². The Morgan fingerprint density at radius 3 is 2.79 bits per heavy atom. The van der Waals surface area contributed by atoms with Crippen LogP contribution in [0.4, 0.5) is 8.78 Å². The number of alkyl halides is 2. The van der Waals surface area contributed by atoms with Gasteiger partial charge in [-0.15, -0.1) is 0 Å². The fraction of sp³-hybridized carbons (Fsp3) is 0.235. The summed E-state index contributed by atoms with van der Waals surface area (Å²) < 4.78 is 26.6. The van der Waals surface area contributed by atoms with Crippen molar-refractivity contribution < 1.29 is 13.6 Å². The number of aryl methyl sites for hydroxylation is 1. The van der Waals surface area contributed by atoms with Gasteiger partial charge < -0.3 is 4.90 Å². The van der Waals surface area contributed by atoms with Crippen LogP contribution in [0, 0.1) is 0 Å². The van der Waals surface area contributed by atoms with Gasteiger partial charge in [-0.05, 0) is 29.8 Å². The molecule has 3 rings (SSSR count). The molecular formula is C17H16F2N4O. The van der Waals surface area contributed by atoms with Crippen LogP contribution >= 0.6 is 0 Å². The first kappa shape index (κ1) is 16.0. The third-order valence-electron chi connectivity index (χ3n) is 3.78. The van der Waals surface area contributed by atoms with Crippen LogP contribution < -0.4 is 0 Å². The first-order valence-electron chi connectivity index (χ1n) is 7.37. The maximum atomic E-state index is 12.7. The summed E-state index contributed by atoms with van der Waals surface area (Å²) >= 11 is 0. The molecule has 0 bridgehead atoms. The lowest BCUT2D eigenvalue weighted by molar-refractivity contribution is 0.0774. The molecule has 1 aromatic carbocycles. The Morgan fingerprint density at radius 1 is 1.29 bits per heavy atom. The van der Waals surface area contributed by atoms with Gasteiger partial charge in [0.2, 0.25) is 0 Å². The van der Waals surface area contributed by atoms with Crippen molar-refractivity contribution in [2.75, 3.05) is 7.05 Å². The average molecular weight is 330 g/mol. The number of carbonyl (C=O) groups is 1. The lowest BCUT2D eigenvalue weighted by Gasteiger charge is -2.17. The number of fused-ring (bicyclic) bond motifs is 1. The van der Waals surface area contributed by atoms with Crippen LogP contribution in [0.25, 0.3) is 10.9 Å². The first-order chi connectivity index (χ1) is 11.5. The normalized spacial score (nSPS) is 11.2. The molecule has 0 N–H and O–H groups in total. The van der Waals surface area contributed by atoms with E-state index in [1.165, 1.54) is 16.6 Å². The van der Waals surface area contributed by atoms with E-state index in [0.717, 1.165) is 22.5 Å². The largest absolute Gasteiger partial charge is 0.336 e. The Morgan fingerprint density at radius 2 is 2.08 bits per heavy atom. The highest BCUT2D eigenvalue weighted by Crippen LogP contribution is 2.19. The molecule has 0 fully saturated rings. The average Bonchev–Trinajstić information content (AvgIpc) is 2.96. The second-order valence-corrected chi connectivity index (χ2v) is 5.57. The van der Waals surface area contributed by atoms with Crippen LogP contribution in [0.3, 0.4) is 0 Å². The molecule has 0 aliphatic heterocycles. The molecule has 24 heavy (non-hydrogen) atoms. The maximum Gasteiger partial charge on any atom is 0.282 e. The van der Waals surface area contributed by atoms with Crippen LogP contribution in [0.15, 0.2) is 42.6 Å². The molecular weight excluding hydrogens is 314 g/mol. The number of halogens is 2. The molecule has 124 valence electrons. The Labute approximate surface area is 137 Å². The number of nitrogens with zero attached hydrogens (tertiary/aromatic N) is 4. The van der Waals surface area contributed by atoms with Gasteiger partial charge in [0.15, 0.2) is 0 Å². The Kier molecular flexibility index (Phi) is 4.24. The topological polar surface area (TPSA) is 51.0 Å². The highest BCUT2D eigenvalue weighted by Gasteiger charge is 2.21. The van der Waals surface area contributed by atoms with E-state index in [1.807, 2.05) is 30.3 Å². The summed E-state index contributed by atoms with van der Waals surface area (Å²) in [6.45, 7) is 0.360. The van der Waals surface area contributed by atoms with Gasteiger partial charge in [-0.2, -0.15) is 5.10 Å². The summed E-state index contributed by atoms with van der Waals surface area (Å²) in [5.74, 6) is -0.358. The SMILES string of the molecule is CN(Cc1ccc2ncccc2c1)C(=O)c1cc(C(F)F)nn1C. The van der Waals surface area contributed by atoms with Gasteiger partial charge in [0.25, 0.3) is 12.3 Å². The number of rotatable bonds is 4. The van der Waals surface area contributed by atoms with E-state index in [0.29, 0.717) is 6.54 Å². The quantitative estimate of drug-likeness (QED) is 0.738. The Balaban J connectivity index is 1.80.